The van der Waals surface area contributed by atoms with Crippen LogP contribution >= 0.6 is 22.6 Å². The van der Waals surface area contributed by atoms with Gasteiger partial charge in [0.1, 0.15) is 11.6 Å². The van der Waals surface area contributed by atoms with Crippen LogP contribution in [0, 0.1) is 15.2 Å². The number of carbonyl (C=O) groups is 1. The van der Waals surface area contributed by atoms with Crippen molar-refractivity contribution in [3.63, 3.8) is 0 Å². The van der Waals surface area contributed by atoms with E-state index in [1.807, 2.05) is 31.2 Å². The molecule has 0 aliphatic heterocycles. The van der Waals surface area contributed by atoms with E-state index in [1.54, 1.807) is 0 Å². The van der Waals surface area contributed by atoms with Crippen LogP contribution in [-0.4, -0.2) is 29.7 Å². The zero-order valence-electron chi connectivity index (χ0n) is 20.9. The fourth-order valence-corrected chi connectivity index (χ4v) is 5.69. The third-order valence-corrected chi connectivity index (χ3v) is 7.66. The molecule has 1 aliphatic rings. The Kier molecular flexibility index (Phi) is 9.67. The summed E-state index contributed by atoms with van der Waals surface area (Å²) in [6.07, 6.45) is 2.98. The van der Waals surface area contributed by atoms with Crippen LogP contribution in [0.25, 0.3) is 0 Å². The van der Waals surface area contributed by atoms with E-state index in [0.717, 1.165) is 40.0 Å². The van der Waals surface area contributed by atoms with E-state index in [0.29, 0.717) is 18.5 Å². The Morgan fingerprint density at radius 3 is 2.49 bits per heavy atom. The van der Waals surface area contributed by atoms with Crippen LogP contribution in [0.3, 0.4) is 0 Å². The third kappa shape index (κ3) is 7.58. The van der Waals surface area contributed by atoms with Crippen LogP contribution in [0.1, 0.15) is 53.5 Å². The first-order valence-corrected chi connectivity index (χ1v) is 13.9. The van der Waals surface area contributed by atoms with Crippen LogP contribution in [-0.2, 0) is 30.6 Å². The van der Waals surface area contributed by atoms with E-state index < -0.39 is 23.8 Å². The Bertz CT molecular complexity index is 1220. The van der Waals surface area contributed by atoms with Gasteiger partial charge in [0.2, 0.25) is 5.91 Å². The number of amides is 1. The minimum Gasteiger partial charge on any atom is -0.390 e. The van der Waals surface area contributed by atoms with Gasteiger partial charge >= 0.3 is 0 Å². The molecule has 0 bridgehead atoms. The number of aryl methyl sites for hydroxylation is 2. The van der Waals surface area contributed by atoms with Gasteiger partial charge in [-0.15, -0.1) is 0 Å². The zero-order chi connectivity index (χ0) is 26.4. The predicted molar refractivity (Wildman–Crippen MR) is 150 cm³/mol. The van der Waals surface area contributed by atoms with Gasteiger partial charge in [-0.1, -0.05) is 37.3 Å². The maximum atomic E-state index is 13.9. The molecule has 3 atom stereocenters. The van der Waals surface area contributed by atoms with Gasteiger partial charge in [-0.2, -0.15) is 0 Å². The van der Waals surface area contributed by atoms with Crippen LogP contribution in [0.2, 0.25) is 0 Å². The van der Waals surface area contributed by atoms with E-state index in [4.69, 9.17) is 0 Å². The van der Waals surface area contributed by atoms with Crippen molar-refractivity contribution < 1.29 is 18.7 Å². The van der Waals surface area contributed by atoms with Crippen molar-refractivity contribution in [3.05, 3.63) is 104 Å². The number of halogens is 3. The van der Waals surface area contributed by atoms with Gasteiger partial charge in [-0.3, -0.25) is 4.79 Å². The van der Waals surface area contributed by atoms with E-state index >= 15 is 0 Å². The minimum absolute atomic E-state index is 0.104. The summed E-state index contributed by atoms with van der Waals surface area (Å²) in [5, 5.41) is 17.3. The molecule has 0 spiro atoms. The van der Waals surface area contributed by atoms with E-state index in [2.05, 4.69) is 51.4 Å². The molecule has 1 aliphatic carbocycles. The molecule has 0 saturated heterocycles. The maximum Gasteiger partial charge on any atom is 0.227 e. The molecule has 3 aromatic carbocycles. The van der Waals surface area contributed by atoms with Gasteiger partial charge in [0.15, 0.2) is 0 Å². The van der Waals surface area contributed by atoms with Gasteiger partial charge in [0, 0.05) is 22.7 Å². The molecule has 37 heavy (non-hydrogen) atoms. The van der Waals surface area contributed by atoms with Crippen LogP contribution in [0.15, 0.2) is 60.7 Å². The van der Waals surface area contributed by atoms with E-state index in [9.17, 15) is 18.7 Å². The summed E-state index contributed by atoms with van der Waals surface area (Å²) in [6.45, 7) is 2.73. The number of fused-ring (bicyclic) bond motifs is 1. The first-order chi connectivity index (χ1) is 17.8. The normalized spacial score (nSPS) is 15.2. The highest BCUT2D eigenvalue weighted by Gasteiger charge is 2.27. The molecule has 0 radical (unpaired) electrons. The van der Waals surface area contributed by atoms with Crippen molar-refractivity contribution in [2.75, 3.05) is 6.54 Å². The van der Waals surface area contributed by atoms with Gasteiger partial charge < -0.3 is 15.7 Å². The van der Waals surface area contributed by atoms with Crippen LogP contribution < -0.4 is 10.6 Å². The predicted octanol–water partition coefficient (Wildman–Crippen LogP) is 5.43. The molecule has 4 rings (SSSR count). The molecule has 0 aromatic heterocycles. The Morgan fingerprint density at radius 2 is 1.76 bits per heavy atom. The Hall–Kier alpha value is -2.36. The molecule has 0 saturated carbocycles. The number of aliphatic hydroxyl groups is 1. The monoisotopic (exact) mass is 618 g/mol. The fraction of sp³-hybridized carbons (Fsp3) is 0.367. The summed E-state index contributed by atoms with van der Waals surface area (Å²) in [5.41, 5.74) is 5.07. The van der Waals surface area contributed by atoms with Crippen LogP contribution in [0.4, 0.5) is 8.78 Å². The van der Waals surface area contributed by atoms with Gasteiger partial charge in [-0.05, 0) is 107 Å². The molecule has 1 unspecified atom stereocenters. The van der Waals surface area contributed by atoms with Crippen molar-refractivity contribution in [3.8, 4) is 0 Å². The van der Waals surface area contributed by atoms with E-state index in [-0.39, 0.29) is 24.8 Å². The third-order valence-electron chi connectivity index (χ3n) is 6.99. The molecule has 0 fully saturated rings. The SMILES string of the molecule is CCC(C(=O)N[C@@H](Cc1cc(F)cc(F)c1)[C@H](O)CNCc1cccc(I)c1)c1ccc2c(c1)CCC2. The smallest absolute Gasteiger partial charge is 0.227 e. The number of nitrogens with one attached hydrogen (secondary N) is 2. The van der Waals surface area contributed by atoms with Gasteiger partial charge in [-0.25, -0.2) is 8.78 Å². The largest absolute Gasteiger partial charge is 0.390 e. The average Bonchev–Trinajstić information content (AvgIpc) is 3.31. The lowest BCUT2D eigenvalue weighted by atomic mass is 9.91. The van der Waals surface area contributed by atoms with Crippen molar-refractivity contribution in [2.24, 2.45) is 0 Å². The highest BCUT2D eigenvalue weighted by atomic mass is 127. The molecule has 4 nitrogen and oxygen atoms in total. The molecular weight excluding hydrogens is 585 g/mol. The summed E-state index contributed by atoms with van der Waals surface area (Å²) < 4.78 is 28.9. The highest BCUT2D eigenvalue weighted by Crippen LogP contribution is 2.28. The molecule has 1 amide bonds. The summed E-state index contributed by atoms with van der Waals surface area (Å²) in [4.78, 5) is 13.5. The Morgan fingerprint density at radius 1 is 1.00 bits per heavy atom. The fourth-order valence-electron chi connectivity index (χ4n) is 5.08. The molecular formula is C30H33F2IN2O2. The second-order valence-electron chi connectivity index (χ2n) is 9.77. The molecule has 196 valence electrons. The summed E-state index contributed by atoms with van der Waals surface area (Å²) in [5.74, 6) is -1.94. The quantitative estimate of drug-likeness (QED) is 0.252. The molecule has 0 heterocycles. The second kappa shape index (κ2) is 12.9. The summed E-state index contributed by atoms with van der Waals surface area (Å²) in [6, 6.07) is 16.9. The topological polar surface area (TPSA) is 61.4 Å². The second-order valence-corrected chi connectivity index (χ2v) is 11.0. The van der Waals surface area contributed by atoms with Gasteiger partial charge in [0.25, 0.3) is 0 Å². The lowest BCUT2D eigenvalue weighted by molar-refractivity contribution is -0.124. The van der Waals surface area contributed by atoms with Crippen molar-refractivity contribution in [1.29, 1.82) is 0 Å². The first kappa shape index (κ1) is 27.7. The number of carbonyl (C=O) groups excluding carboxylic acids is 1. The number of hydrogen-bond donors (Lipinski definition) is 3. The zero-order valence-corrected chi connectivity index (χ0v) is 23.1. The van der Waals surface area contributed by atoms with Crippen LogP contribution in [0.5, 0.6) is 0 Å². The van der Waals surface area contributed by atoms with E-state index in [1.165, 1.54) is 23.3 Å². The lowest BCUT2D eigenvalue weighted by Crippen LogP contribution is -2.49. The summed E-state index contributed by atoms with van der Waals surface area (Å²) >= 11 is 2.25. The molecule has 3 aromatic rings. The highest BCUT2D eigenvalue weighted by molar-refractivity contribution is 14.1. The van der Waals surface area contributed by atoms with Crippen molar-refractivity contribution >= 4 is 28.5 Å². The number of rotatable bonds is 11. The Balaban J connectivity index is 1.48. The minimum atomic E-state index is -0.962. The summed E-state index contributed by atoms with van der Waals surface area (Å²) in [7, 11) is 0. The standard InChI is InChI=1S/C30H33F2IN2O2/c1-2-27(23-10-9-21-6-4-7-22(21)15-23)30(37)35-28(14-20-11-24(31)16-25(32)12-20)29(36)18-34-17-19-5-3-8-26(33)13-19/h3,5,8-13,15-16,27-29,34,36H,2,4,6-7,14,17-18H2,1H3,(H,35,37)/t27?,28-,29+/m0/s1. The average molecular weight is 619 g/mol. The molecule has 7 heteroatoms. The van der Waals surface area contributed by atoms with Crippen molar-refractivity contribution in [2.45, 2.75) is 63.6 Å². The lowest BCUT2D eigenvalue weighted by Gasteiger charge is -2.27. The number of aliphatic hydroxyl groups excluding tert-OH is 1. The van der Waals surface area contributed by atoms with Crippen molar-refractivity contribution in [1.82, 2.24) is 10.6 Å². The maximum absolute atomic E-state index is 13.9. The number of hydrogen-bond acceptors (Lipinski definition) is 3. The molecule has 3 N–H and O–H groups in total. The van der Waals surface area contributed by atoms with Gasteiger partial charge in [0.05, 0.1) is 18.1 Å². The Labute approximate surface area is 231 Å². The number of benzene rings is 3. The first-order valence-electron chi connectivity index (χ1n) is 12.8.